The van der Waals surface area contributed by atoms with E-state index in [2.05, 4.69) is 21.4 Å². The normalized spacial score (nSPS) is 9.83. The molecule has 90 valence electrons. The van der Waals surface area contributed by atoms with Crippen molar-refractivity contribution in [3.63, 3.8) is 0 Å². The SMILES string of the molecule is Cc1cccc(Nc2nc(N)ncc2F)c1C#N. The highest BCUT2D eigenvalue weighted by Gasteiger charge is 2.09. The molecule has 1 heterocycles. The van der Waals surface area contributed by atoms with Crippen molar-refractivity contribution in [3.8, 4) is 6.07 Å². The molecule has 0 saturated carbocycles. The molecule has 2 aromatic rings. The third-order valence-electron chi connectivity index (χ3n) is 2.40. The number of rotatable bonds is 2. The minimum atomic E-state index is -0.630. The van der Waals surface area contributed by atoms with Gasteiger partial charge >= 0.3 is 0 Å². The first-order chi connectivity index (χ1) is 8.61. The van der Waals surface area contributed by atoms with Gasteiger partial charge in [-0.2, -0.15) is 10.2 Å². The summed E-state index contributed by atoms with van der Waals surface area (Å²) in [6.07, 6.45) is 0.979. The molecule has 5 nitrogen and oxygen atoms in total. The predicted molar refractivity (Wildman–Crippen MR) is 65.6 cm³/mol. The van der Waals surface area contributed by atoms with Gasteiger partial charge in [-0.25, -0.2) is 9.37 Å². The zero-order chi connectivity index (χ0) is 13.1. The number of nitrogens with zero attached hydrogens (tertiary/aromatic N) is 3. The maximum atomic E-state index is 13.5. The highest BCUT2D eigenvalue weighted by molar-refractivity contribution is 5.67. The van der Waals surface area contributed by atoms with E-state index in [0.29, 0.717) is 11.3 Å². The summed E-state index contributed by atoms with van der Waals surface area (Å²) < 4.78 is 13.5. The third kappa shape index (κ3) is 2.20. The van der Waals surface area contributed by atoms with Crippen LogP contribution in [0, 0.1) is 24.1 Å². The Kier molecular flexibility index (Phi) is 3.06. The van der Waals surface area contributed by atoms with Gasteiger partial charge in [-0.05, 0) is 18.6 Å². The summed E-state index contributed by atoms with van der Waals surface area (Å²) in [7, 11) is 0. The Morgan fingerprint density at radius 3 is 2.94 bits per heavy atom. The number of aryl methyl sites for hydroxylation is 1. The average Bonchev–Trinajstić information content (AvgIpc) is 2.34. The third-order valence-corrected chi connectivity index (χ3v) is 2.40. The van der Waals surface area contributed by atoms with Crippen molar-refractivity contribution in [1.29, 1.82) is 5.26 Å². The van der Waals surface area contributed by atoms with Crippen LogP contribution in [0.25, 0.3) is 0 Å². The van der Waals surface area contributed by atoms with E-state index in [-0.39, 0.29) is 11.8 Å². The summed E-state index contributed by atoms with van der Waals surface area (Å²) in [5, 5.41) is 11.8. The molecular formula is C12H10FN5. The molecule has 0 aliphatic heterocycles. The van der Waals surface area contributed by atoms with E-state index in [0.717, 1.165) is 11.8 Å². The van der Waals surface area contributed by atoms with Gasteiger partial charge in [0.05, 0.1) is 17.4 Å². The van der Waals surface area contributed by atoms with E-state index in [9.17, 15) is 4.39 Å². The summed E-state index contributed by atoms with van der Waals surface area (Å²) in [6.45, 7) is 1.80. The van der Waals surface area contributed by atoms with E-state index in [1.54, 1.807) is 25.1 Å². The molecule has 0 aliphatic rings. The van der Waals surface area contributed by atoms with Gasteiger partial charge in [0, 0.05) is 0 Å². The van der Waals surface area contributed by atoms with Crippen molar-refractivity contribution >= 4 is 17.5 Å². The fraction of sp³-hybridized carbons (Fsp3) is 0.0833. The molecule has 0 amide bonds. The molecule has 0 spiro atoms. The number of hydrogen-bond acceptors (Lipinski definition) is 5. The smallest absolute Gasteiger partial charge is 0.222 e. The van der Waals surface area contributed by atoms with Crippen LogP contribution in [0.1, 0.15) is 11.1 Å². The Morgan fingerprint density at radius 1 is 1.44 bits per heavy atom. The first-order valence-corrected chi connectivity index (χ1v) is 5.16. The monoisotopic (exact) mass is 243 g/mol. The summed E-state index contributed by atoms with van der Waals surface area (Å²) in [5.41, 5.74) is 7.10. The average molecular weight is 243 g/mol. The van der Waals surface area contributed by atoms with Crippen LogP contribution in [0.2, 0.25) is 0 Å². The molecular weight excluding hydrogens is 233 g/mol. The zero-order valence-electron chi connectivity index (χ0n) is 9.61. The van der Waals surface area contributed by atoms with Crippen molar-refractivity contribution in [2.45, 2.75) is 6.92 Å². The standard InChI is InChI=1S/C12H10FN5/c1-7-3-2-4-10(8(7)5-14)17-11-9(13)6-16-12(15)18-11/h2-4,6H,1H3,(H3,15,16,17,18). The Bertz CT molecular complexity index is 633. The van der Waals surface area contributed by atoms with Crippen LogP contribution in [0.3, 0.4) is 0 Å². The molecule has 0 saturated heterocycles. The number of nitrogens with two attached hydrogens (primary N) is 1. The molecule has 3 N–H and O–H groups in total. The van der Waals surface area contributed by atoms with Crippen LogP contribution >= 0.6 is 0 Å². The van der Waals surface area contributed by atoms with Crippen LogP contribution in [0.5, 0.6) is 0 Å². The summed E-state index contributed by atoms with van der Waals surface area (Å²) >= 11 is 0. The van der Waals surface area contributed by atoms with Crippen LogP contribution in [-0.2, 0) is 0 Å². The highest BCUT2D eigenvalue weighted by Crippen LogP contribution is 2.23. The van der Waals surface area contributed by atoms with Gasteiger partial charge < -0.3 is 11.1 Å². The van der Waals surface area contributed by atoms with Crippen molar-refractivity contribution in [2.75, 3.05) is 11.1 Å². The lowest BCUT2D eigenvalue weighted by Gasteiger charge is -2.09. The Labute approximate surface area is 103 Å². The number of nitrogen functional groups attached to an aromatic ring is 1. The molecule has 1 aromatic carbocycles. The second-order valence-corrected chi connectivity index (χ2v) is 3.66. The molecule has 0 atom stereocenters. The number of nitrogens with one attached hydrogen (secondary N) is 1. The van der Waals surface area contributed by atoms with Gasteiger partial charge in [0.25, 0.3) is 0 Å². The van der Waals surface area contributed by atoms with Gasteiger partial charge in [-0.1, -0.05) is 12.1 Å². The lowest BCUT2D eigenvalue weighted by Crippen LogP contribution is -2.04. The van der Waals surface area contributed by atoms with E-state index in [1.807, 2.05) is 0 Å². The van der Waals surface area contributed by atoms with Crippen molar-refractivity contribution in [3.05, 3.63) is 41.3 Å². The number of anilines is 3. The lowest BCUT2D eigenvalue weighted by atomic mass is 10.1. The van der Waals surface area contributed by atoms with Crippen LogP contribution in [-0.4, -0.2) is 9.97 Å². The summed E-state index contributed by atoms with van der Waals surface area (Å²) in [4.78, 5) is 7.27. The number of hydrogen-bond donors (Lipinski definition) is 2. The molecule has 0 aliphatic carbocycles. The largest absolute Gasteiger partial charge is 0.368 e. The Balaban J connectivity index is 2.44. The molecule has 1 aromatic heterocycles. The number of nitriles is 1. The van der Waals surface area contributed by atoms with Crippen molar-refractivity contribution in [1.82, 2.24) is 9.97 Å². The quantitative estimate of drug-likeness (QED) is 0.843. The second kappa shape index (κ2) is 4.67. The number of benzene rings is 1. The van der Waals surface area contributed by atoms with Gasteiger partial charge in [0.2, 0.25) is 5.95 Å². The zero-order valence-corrected chi connectivity index (χ0v) is 9.61. The molecule has 0 radical (unpaired) electrons. The van der Waals surface area contributed by atoms with Gasteiger partial charge in [-0.3, -0.25) is 0 Å². The maximum Gasteiger partial charge on any atom is 0.222 e. The van der Waals surface area contributed by atoms with Crippen LogP contribution in [0.4, 0.5) is 21.8 Å². The van der Waals surface area contributed by atoms with Crippen LogP contribution in [0.15, 0.2) is 24.4 Å². The molecule has 0 bridgehead atoms. The fourth-order valence-corrected chi connectivity index (χ4v) is 1.52. The minimum Gasteiger partial charge on any atom is -0.368 e. The lowest BCUT2D eigenvalue weighted by molar-refractivity contribution is 0.620. The van der Waals surface area contributed by atoms with Crippen molar-refractivity contribution in [2.24, 2.45) is 0 Å². The molecule has 0 unspecified atom stereocenters. The first-order valence-electron chi connectivity index (χ1n) is 5.16. The molecule has 2 rings (SSSR count). The van der Waals surface area contributed by atoms with Gasteiger partial charge in [0.1, 0.15) is 6.07 Å². The molecule has 6 heteroatoms. The van der Waals surface area contributed by atoms with Gasteiger partial charge in [-0.15, -0.1) is 0 Å². The Morgan fingerprint density at radius 2 is 2.22 bits per heavy atom. The van der Waals surface area contributed by atoms with E-state index in [4.69, 9.17) is 11.0 Å². The maximum absolute atomic E-state index is 13.5. The topological polar surface area (TPSA) is 87.6 Å². The van der Waals surface area contributed by atoms with E-state index < -0.39 is 5.82 Å². The minimum absolute atomic E-state index is 0.0370. The molecule has 0 fully saturated rings. The van der Waals surface area contributed by atoms with Gasteiger partial charge in [0.15, 0.2) is 11.6 Å². The van der Waals surface area contributed by atoms with E-state index >= 15 is 0 Å². The second-order valence-electron chi connectivity index (χ2n) is 3.66. The summed E-state index contributed by atoms with van der Waals surface area (Å²) in [6, 6.07) is 7.29. The van der Waals surface area contributed by atoms with E-state index in [1.165, 1.54) is 0 Å². The molecule has 18 heavy (non-hydrogen) atoms. The predicted octanol–water partition coefficient (Wildman–Crippen LogP) is 2.12. The van der Waals surface area contributed by atoms with Crippen LogP contribution < -0.4 is 11.1 Å². The highest BCUT2D eigenvalue weighted by atomic mass is 19.1. The van der Waals surface area contributed by atoms with Crippen molar-refractivity contribution < 1.29 is 4.39 Å². The Hall–Kier alpha value is -2.68. The number of halogens is 1. The fourth-order valence-electron chi connectivity index (χ4n) is 1.52. The summed E-state index contributed by atoms with van der Waals surface area (Å²) in [5.74, 6) is -0.718. The first kappa shape index (κ1) is 11.8. The number of aromatic nitrogens is 2.